The molecule has 0 amide bonds. The Hall–Kier alpha value is -3.10. The number of benzene rings is 2. The lowest BCUT2D eigenvalue weighted by Crippen LogP contribution is -1.99. The van der Waals surface area contributed by atoms with Gasteiger partial charge in [0.25, 0.3) is 0 Å². The van der Waals surface area contributed by atoms with Crippen LogP contribution in [-0.4, -0.2) is 31.4 Å². The van der Waals surface area contributed by atoms with Crippen molar-refractivity contribution in [3.05, 3.63) is 69.2 Å². The predicted octanol–water partition coefficient (Wildman–Crippen LogP) is 4.93. The Balaban J connectivity index is 1.64. The van der Waals surface area contributed by atoms with Gasteiger partial charge in [-0.05, 0) is 48.4 Å². The number of rotatable bonds is 8. The van der Waals surface area contributed by atoms with Crippen molar-refractivity contribution in [3.8, 4) is 11.5 Å². The number of hydrogen-bond donors (Lipinski definition) is 1. The fourth-order valence-corrected chi connectivity index (χ4v) is 3.47. The number of nitrogens with zero attached hydrogens (tertiary/aromatic N) is 2. The molecule has 3 rings (SSSR count). The summed E-state index contributed by atoms with van der Waals surface area (Å²) in [6.45, 7) is 2.14. The van der Waals surface area contributed by atoms with Gasteiger partial charge in [0.1, 0.15) is 11.5 Å². The van der Waals surface area contributed by atoms with Crippen LogP contribution in [0.5, 0.6) is 11.5 Å². The molecule has 0 bridgehead atoms. The van der Waals surface area contributed by atoms with E-state index in [1.807, 2.05) is 42.5 Å². The molecule has 30 heavy (non-hydrogen) atoms. The number of aryl methyl sites for hydroxylation is 1. The van der Waals surface area contributed by atoms with Crippen LogP contribution >= 0.6 is 22.9 Å². The highest BCUT2D eigenvalue weighted by molar-refractivity contribution is 7.17. The van der Waals surface area contributed by atoms with Gasteiger partial charge in [-0.15, -0.1) is 0 Å². The molecule has 0 aliphatic heterocycles. The Morgan fingerprint density at radius 3 is 2.67 bits per heavy atom. The molecule has 0 aliphatic carbocycles. The average Bonchev–Trinajstić information content (AvgIpc) is 3.13. The van der Waals surface area contributed by atoms with E-state index < -0.39 is 5.97 Å². The number of hydrogen-bond acceptors (Lipinski definition) is 8. The Morgan fingerprint density at radius 1 is 1.20 bits per heavy atom. The summed E-state index contributed by atoms with van der Waals surface area (Å²) < 4.78 is 16.0. The summed E-state index contributed by atoms with van der Waals surface area (Å²) in [5, 5.41) is 5.35. The van der Waals surface area contributed by atoms with E-state index in [9.17, 15) is 4.79 Å². The van der Waals surface area contributed by atoms with Gasteiger partial charge in [-0.1, -0.05) is 35.1 Å². The van der Waals surface area contributed by atoms with Crippen LogP contribution in [0.15, 0.2) is 47.6 Å². The molecule has 0 fully saturated rings. The quantitative estimate of drug-likeness (QED) is 0.301. The van der Waals surface area contributed by atoms with Crippen LogP contribution in [-0.2, 0) is 11.3 Å². The van der Waals surface area contributed by atoms with E-state index in [0.717, 1.165) is 11.1 Å². The molecule has 0 aliphatic rings. The number of aromatic nitrogens is 1. The first-order chi connectivity index (χ1) is 14.5. The van der Waals surface area contributed by atoms with Gasteiger partial charge in [-0.25, -0.2) is 9.78 Å². The third-order valence-electron chi connectivity index (χ3n) is 4.04. The molecule has 156 valence electrons. The fraction of sp³-hybridized carbons (Fsp3) is 0.190. The molecule has 1 aromatic heterocycles. The van der Waals surface area contributed by atoms with Crippen molar-refractivity contribution in [2.45, 2.75) is 13.5 Å². The van der Waals surface area contributed by atoms with E-state index in [1.54, 1.807) is 20.2 Å². The van der Waals surface area contributed by atoms with Gasteiger partial charge in [0.15, 0.2) is 11.5 Å². The molecule has 9 heteroatoms. The summed E-state index contributed by atoms with van der Waals surface area (Å²) in [4.78, 5) is 16.4. The molecule has 0 spiro atoms. The first-order valence-corrected chi connectivity index (χ1v) is 10.1. The molecule has 0 atom stereocenters. The predicted molar refractivity (Wildman–Crippen MR) is 118 cm³/mol. The Bertz CT molecular complexity index is 1050. The monoisotopic (exact) mass is 445 g/mol. The molecule has 2 aromatic carbocycles. The number of methoxy groups -OCH3 is 2. The van der Waals surface area contributed by atoms with Crippen LogP contribution in [0.25, 0.3) is 0 Å². The number of nitrogens with one attached hydrogen (secondary N) is 1. The zero-order valence-electron chi connectivity index (χ0n) is 16.6. The van der Waals surface area contributed by atoms with Crippen LogP contribution in [0.4, 0.5) is 5.13 Å². The number of anilines is 1. The maximum Gasteiger partial charge on any atom is 0.350 e. The van der Waals surface area contributed by atoms with Crippen molar-refractivity contribution >= 4 is 40.3 Å². The van der Waals surface area contributed by atoms with Crippen LogP contribution < -0.4 is 14.9 Å². The highest BCUT2D eigenvalue weighted by atomic mass is 35.5. The lowest BCUT2D eigenvalue weighted by molar-refractivity contribution is 0.0605. The summed E-state index contributed by atoms with van der Waals surface area (Å²) in [6.07, 6.45) is 1.63. The SMILES string of the molecule is COC(=O)c1sc(NN=Cc2ccc(OCc3ccc(Cl)cc3)c(OC)c2)nc1C. The number of hydrazone groups is 1. The highest BCUT2D eigenvalue weighted by Gasteiger charge is 2.15. The Kier molecular flexibility index (Phi) is 7.26. The molecule has 0 radical (unpaired) electrons. The van der Waals surface area contributed by atoms with Crippen molar-refractivity contribution in [2.24, 2.45) is 5.10 Å². The molecule has 0 saturated heterocycles. The molecular formula is C21H20ClN3O4S. The molecule has 7 nitrogen and oxygen atoms in total. The van der Waals surface area contributed by atoms with E-state index in [0.29, 0.717) is 38.8 Å². The topological polar surface area (TPSA) is 82.0 Å². The van der Waals surface area contributed by atoms with Crippen LogP contribution in [0.3, 0.4) is 0 Å². The van der Waals surface area contributed by atoms with Crippen molar-refractivity contribution < 1.29 is 19.0 Å². The van der Waals surface area contributed by atoms with E-state index in [4.69, 9.17) is 25.8 Å². The standard InChI is InChI=1S/C21H20ClN3O4S/c1-13-19(20(26)28-3)30-21(24-13)25-23-11-15-6-9-17(18(10-15)27-2)29-12-14-4-7-16(22)8-5-14/h4-11H,12H2,1-3H3,(H,24,25). The Labute approximate surface area is 183 Å². The Morgan fingerprint density at radius 2 is 1.97 bits per heavy atom. The van der Waals surface area contributed by atoms with E-state index in [1.165, 1.54) is 18.4 Å². The lowest BCUT2D eigenvalue weighted by Gasteiger charge is -2.11. The van der Waals surface area contributed by atoms with Crippen molar-refractivity contribution in [1.82, 2.24) is 4.98 Å². The minimum atomic E-state index is -0.416. The van der Waals surface area contributed by atoms with E-state index in [-0.39, 0.29) is 0 Å². The normalized spacial score (nSPS) is 10.8. The smallest absolute Gasteiger partial charge is 0.350 e. The van der Waals surface area contributed by atoms with E-state index in [2.05, 4.69) is 15.5 Å². The maximum absolute atomic E-state index is 11.7. The first-order valence-electron chi connectivity index (χ1n) is 8.90. The summed E-state index contributed by atoms with van der Waals surface area (Å²) in [6, 6.07) is 13.0. The number of thiazole rings is 1. The van der Waals surface area contributed by atoms with Gasteiger partial charge >= 0.3 is 5.97 Å². The number of ether oxygens (including phenoxy) is 3. The highest BCUT2D eigenvalue weighted by Crippen LogP contribution is 2.29. The van der Waals surface area contributed by atoms with Crippen LogP contribution in [0, 0.1) is 6.92 Å². The van der Waals surface area contributed by atoms with Crippen molar-refractivity contribution in [2.75, 3.05) is 19.6 Å². The van der Waals surface area contributed by atoms with Gasteiger partial charge in [0, 0.05) is 5.02 Å². The first kappa shape index (κ1) is 21.6. The largest absolute Gasteiger partial charge is 0.493 e. The molecule has 3 aromatic rings. The number of carbonyl (C=O) groups is 1. The summed E-state index contributed by atoms with van der Waals surface area (Å²) in [5.74, 6) is 0.794. The van der Waals surface area contributed by atoms with Gasteiger partial charge in [0.05, 0.1) is 26.1 Å². The summed E-state index contributed by atoms with van der Waals surface area (Å²) in [7, 11) is 2.92. The van der Waals surface area contributed by atoms with E-state index >= 15 is 0 Å². The summed E-state index contributed by atoms with van der Waals surface area (Å²) in [5.41, 5.74) is 5.22. The summed E-state index contributed by atoms with van der Waals surface area (Å²) >= 11 is 7.08. The van der Waals surface area contributed by atoms with Crippen LogP contribution in [0.1, 0.15) is 26.5 Å². The molecular weight excluding hydrogens is 426 g/mol. The number of carbonyl (C=O) groups excluding carboxylic acids is 1. The lowest BCUT2D eigenvalue weighted by atomic mass is 10.2. The third-order valence-corrected chi connectivity index (χ3v) is 5.33. The average molecular weight is 446 g/mol. The third kappa shape index (κ3) is 5.49. The van der Waals surface area contributed by atoms with Crippen molar-refractivity contribution in [3.63, 3.8) is 0 Å². The second-order valence-corrected chi connectivity index (χ2v) is 7.56. The number of halogens is 1. The molecule has 0 unspecified atom stereocenters. The van der Waals surface area contributed by atoms with Crippen molar-refractivity contribution in [1.29, 1.82) is 0 Å². The van der Waals surface area contributed by atoms with Gasteiger partial charge < -0.3 is 14.2 Å². The second-order valence-electron chi connectivity index (χ2n) is 6.12. The minimum Gasteiger partial charge on any atom is -0.493 e. The molecule has 1 heterocycles. The zero-order chi connectivity index (χ0) is 21.5. The minimum absolute atomic E-state index is 0.397. The molecule has 1 N–H and O–H groups in total. The van der Waals surface area contributed by atoms with Crippen LogP contribution in [0.2, 0.25) is 5.02 Å². The number of esters is 1. The second kappa shape index (κ2) is 10.1. The zero-order valence-corrected chi connectivity index (χ0v) is 18.2. The van der Waals surface area contributed by atoms with Gasteiger partial charge in [0.2, 0.25) is 5.13 Å². The van der Waals surface area contributed by atoms with Gasteiger partial charge in [-0.2, -0.15) is 5.10 Å². The van der Waals surface area contributed by atoms with Gasteiger partial charge in [-0.3, -0.25) is 5.43 Å². The molecule has 0 saturated carbocycles. The fourth-order valence-electron chi connectivity index (χ4n) is 2.51. The maximum atomic E-state index is 11.7.